The second-order valence-corrected chi connectivity index (χ2v) is 7.70. The first-order valence-electron chi connectivity index (χ1n) is 8.90. The molecule has 0 aliphatic carbocycles. The maximum atomic E-state index is 12.4. The Balaban J connectivity index is 1.37. The Bertz CT molecular complexity index is 532. The zero-order valence-corrected chi connectivity index (χ0v) is 14.9. The summed E-state index contributed by atoms with van der Waals surface area (Å²) >= 11 is 1.42. The van der Waals surface area contributed by atoms with Crippen LogP contribution in [0.25, 0.3) is 0 Å². The summed E-state index contributed by atoms with van der Waals surface area (Å²) in [6.07, 6.45) is 5.99. The van der Waals surface area contributed by atoms with E-state index in [1.165, 1.54) is 11.3 Å². The molecule has 7 nitrogen and oxygen atoms in total. The largest absolute Gasteiger partial charge is 0.381 e. The smallest absolute Gasteiger partial charge is 0.224 e. The number of hydrogen-bond acceptors (Lipinski definition) is 7. The fourth-order valence-electron chi connectivity index (χ4n) is 3.57. The standard InChI is InChI=1S/C16H27N5O2S/c17-16-20-19-14(24-16)4-1-7-18-15(22)12-3-2-8-21(11-12)13-5-9-23-10-6-13/h12-13H,1-11H2,(H2,17,20)(H,18,22)/t12-/m1/s1. The molecule has 2 aliphatic heterocycles. The van der Waals surface area contributed by atoms with Gasteiger partial charge in [0.25, 0.3) is 0 Å². The van der Waals surface area contributed by atoms with Gasteiger partial charge in [0.1, 0.15) is 5.01 Å². The predicted molar refractivity (Wildman–Crippen MR) is 93.8 cm³/mol. The zero-order chi connectivity index (χ0) is 16.8. The highest BCUT2D eigenvalue weighted by molar-refractivity contribution is 7.15. The van der Waals surface area contributed by atoms with Gasteiger partial charge in [-0.1, -0.05) is 11.3 Å². The second-order valence-electron chi connectivity index (χ2n) is 6.61. The van der Waals surface area contributed by atoms with E-state index < -0.39 is 0 Å². The second kappa shape index (κ2) is 8.73. The number of aromatic nitrogens is 2. The lowest BCUT2D eigenvalue weighted by molar-refractivity contribution is -0.127. The van der Waals surface area contributed by atoms with Gasteiger partial charge >= 0.3 is 0 Å². The minimum atomic E-state index is 0.124. The molecule has 0 unspecified atom stereocenters. The number of amides is 1. The van der Waals surface area contributed by atoms with E-state index >= 15 is 0 Å². The Kier molecular flexibility index (Phi) is 6.39. The minimum absolute atomic E-state index is 0.124. The van der Waals surface area contributed by atoms with Crippen molar-refractivity contribution in [2.45, 2.75) is 44.6 Å². The van der Waals surface area contributed by atoms with Crippen LogP contribution in [0.5, 0.6) is 0 Å². The summed E-state index contributed by atoms with van der Waals surface area (Å²) in [5, 5.41) is 12.3. The lowest BCUT2D eigenvalue weighted by atomic mass is 9.94. The number of aryl methyl sites for hydroxylation is 1. The van der Waals surface area contributed by atoms with Crippen molar-refractivity contribution in [3.63, 3.8) is 0 Å². The van der Waals surface area contributed by atoms with E-state index in [0.717, 1.165) is 69.8 Å². The van der Waals surface area contributed by atoms with Crippen LogP contribution in [-0.4, -0.2) is 59.9 Å². The van der Waals surface area contributed by atoms with Crippen molar-refractivity contribution in [2.24, 2.45) is 5.92 Å². The lowest BCUT2D eigenvalue weighted by Crippen LogP contribution is -2.48. The van der Waals surface area contributed by atoms with Gasteiger partial charge in [-0.2, -0.15) is 0 Å². The highest BCUT2D eigenvalue weighted by Gasteiger charge is 2.30. The average Bonchev–Trinajstić information content (AvgIpc) is 3.05. The number of carbonyl (C=O) groups is 1. The predicted octanol–water partition coefficient (Wildman–Crippen LogP) is 1.06. The Morgan fingerprint density at radius 3 is 2.92 bits per heavy atom. The molecule has 2 aliphatic rings. The minimum Gasteiger partial charge on any atom is -0.381 e. The first-order valence-corrected chi connectivity index (χ1v) is 9.71. The summed E-state index contributed by atoms with van der Waals surface area (Å²) in [4.78, 5) is 14.9. The van der Waals surface area contributed by atoms with E-state index in [4.69, 9.17) is 10.5 Å². The molecule has 24 heavy (non-hydrogen) atoms. The summed E-state index contributed by atoms with van der Waals surface area (Å²) in [5.41, 5.74) is 5.57. The molecule has 0 radical (unpaired) electrons. The van der Waals surface area contributed by atoms with Crippen LogP contribution in [0, 0.1) is 5.92 Å². The number of anilines is 1. The van der Waals surface area contributed by atoms with Crippen molar-refractivity contribution in [3.05, 3.63) is 5.01 Å². The van der Waals surface area contributed by atoms with Gasteiger partial charge in [0.15, 0.2) is 0 Å². The van der Waals surface area contributed by atoms with Gasteiger partial charge in [-0.3, -0.25) is 9.69 Å². The fourth-order valence-corrected chi connectivity index (χ4v) is 4.22. The van der Waals surface area contributed by atoms with Crippen molar-refractivity contribution in [3.8, 4) is 0 Å². The number of nitrogens with one attached hydrogen (secondary N) is 1. The van der Waals surface area contributed by atoms with E-state index in [1.54, 1.807) is 0 Å². The molecule has 1 amide bonds. The third kappa shape index (κ3) is 4.87. The molecule has 1 aromatic heterocycles. The molecule has 1 aromatic rings. The average molecular weight is 353 g/mol. The number of nitrogens with two attached hydrogens (primary N) is 1. The number of rotatable bonds is 6. The molecule has 2 fully saturated rings. The van der Waals surface area contributed by atoms with Gasteiger partial charge in [-0.05, 0) is 38.6 Å². The number of likely N-dealkylation sites (tertiary alicyclic amines) is 1. The maximum absolute atomic E-state index is 12.4. The molecule has 134 valence electrons. The van der Waals surface area contributed by atoms with Gasteiger partial charge in [-0.25, -0.2) is 0 Å². The molecule has 0 spiro atoms. The van der Waals surface area contributed by atoms with Crippen molar-refractivity contribution >= 4 is 22.4 Å². The molecular formula is C16H27N5O2S. The normalized spacial score (nSPS) is 23.2. The van der Waals surface area contributed by atoms with Crippen molar-refractivity contribution in [1.82, 2.24) is 20.4 Å². The molecule has 3 heterocycles. The van der Waals surface area contributed by atoms with E-state index in [0.29, 0.717) is 17.7 Å². The van der Waals surface area contributed by atoms with Crippen LogP contribution < -0.4 is 11.1 Å². The van der Waals surface area contributed by atoms with Crippen LogP contribution in [0.3, 0.4) is 0 Å². The van der Waals surface area contributed by atoms with Crippen LogP contribution >= 0.6 is 11.3 Å². The summed E-state index contributed by atoms with van der Waals surface area (Å²) in [5.74, 6) is 0.322. The monoisotopic (exact) mass is 353 g/mol. The summed E-state index contributed by atoms with van der Waals surface area (Å²) < 4.78 is 5.45. The number of hydrogen-bond donors (Lipinski definition) is 2. The zero-order valence-electron chi connectivity index (χ0n) is 14.1. The van der Waals surface area contributed by atoms with Gasteiger partial charge in [0.05, 0.1) is 5.92 Å². The van der Waals surface area contributed by atoms with Crippen LogP contribution in [0.15, 0.2) is 0 Å². The number of nitrogen functional groups attached to an aromatic ring is 1. The summed E-state index contributed by atoms with van der Waals surface area (Å²) in [7, 11) is 0. The van der Waals surface area contributed by atoms with E-state index in [9.17, 15) is 4.79 Å². The topological polar surface area (TPSA) is 93.4 Å². The summed E-state index contributed by atoms with van der Waals surface area (Å²) in [6, 6.07) is 0.595. The number of piperidine rings is 1. The Hall–Kier alpha value is -1.25. The number of ether oxygens (including phenoxy) is 1. The van der Waals surface area contributed by atoms with Gasteiger partial charge in [-0.15, -0.1) is 10.2 Å². The van der Waals surface area contributed by atoms with E-state index in [1.807, 2.05) is 0 Å². The molecule has 2 saturated heterocycles. The first-order chi connectivity index (χ1) is 11.7. The quantitative estimate of drug-likeness (QED) is 0.743. The maximum Gasteiger partial charge on any atom is 0.224 e. The first kappa shape index (κ1) is 17.6. The van der Waals surface area contributed by atoms with Crippen LogP contribution in [0.4, 0.5) is 5.13 Å². The van der Waals surface area contributed by atoms with Crippen molar-refractivity contribution in [2.75, 3.05) is 38.6 Å². The molecular weight excluding hydrogens is 326 g/mol. The van der Waals surface area contributed by atoms with Crippen LogP contribution in [0.2, 0.25) is 0 Å². The third-order valence-electron chi connectivity index (χ3n) is 4.88. The molecule has 1 atom stereocenters. The SMILES string of the molecule is Nc1nnc(CCCNC(=O)[C@@H]2CCCN(C3CCOCC3)C2)s1. The van der Waals surface area contributed by atoms with Crippen molar-refractivity contribution < 1.29 is 9.53 Å². The highest BCUT2D eigenvalue weighted by atomic mass is 32.1. The molecule has 0 aromatic carbocycles. The molecule has 3 N–H and O–H groups in total. The fraction of sp³-hybridized carbons (Fsp3) is 0.812. The molecule has 8 heteroatoms. The van der Waals surface area contributed by atoms with E-state index in [2.05, 4.69) is 20.4 Å². The molecule has 0 bridgehead atoms. The van der Waals surface area contributed by atoms with E-state index in [-0.39, 0.29) is 11.8 Å². The van der Waals surface area contributed by atoms with Gasteiger partial charge in [0, 0.05) is 38.8 Å². The number of carbonyl (C=O) groups excluding carboxylic acids is 1. The Morgan fingerprint density at radius 1 is 1.33 bits per heavy atom. The van der Waals surface area contributed by atoms with Crippen LogP contribution in [0.1, 0.15) is 37.1 Å². The number of nitrogens with zero attached hydrogens (tertiary/aromatic N) is 3. The third-order valence-corrected chi connectivity index (χ3v) is 5.69. The highest BCUT2D eigenvalue weighted by Crippen LogP contribution is 2.23. The Morgan fingerprint density at radius 2 is 2.17 bits per heavy atom. The molecule has 3 rings (SSSR count). The lowest BCUT2D eigenvalue weighted by Gasteiger charge is -2.39. The van der Waals surface area contributed by atoms with Gasteiger partial charge in [0.2, 0.25) is 11.0 Å². The van der Waals surface area contributed by atoms with Gasteiger partial charge < -0.3 is 15.8 Å². The summed E-state index contributed by atoms with van der Waals surface area (Å²) in [6.45, 7) is 4.41. The molecule has 0 saturated carbocycles. The van der Waals surface area contributed by atoms with Crippen LogP contribution in [-0.2, 0) is 16.0 Å². The van der Waals surface area contributed by atoms with Crippen molar-refractivity contribution in [1.29, 1.82) is 0 Å². The Labute approximate surface area is 147 Å².